The third-order valence-electron chi connectivity index (χ3n) is 3.67. The lowest BCUT2D eigenvalue weighted by Crippen LogP contribution is -2.18. The molecule has 0 bridgehead atoms. The number of hydrogen-bond donors (Lipinski definition) is 0. The molecule has 142 valence electrons. The zero-order valence-electron chi connectivity index (χ0n) is 13.5. The summed E-state index contributed by atoms with van der Waals surface area (Å²) in [6.07, 6.45) is -1.26. The minimum Gasteiger partial charge on any atom is -0.283 e. The molecular weight excluding hydrogens is 426 g/mol. The summed E-state index contributed by atoms with van der Waals surface area (Å²) in [6, 6.07) is 7.01. The molecule has 1 aromatic carbocycles. The highest BCUT2D eigenvalue weighted by molar-refractivity contribution is 7.84. The summed E-state index contributed by atoms with van der Waals surface area (Å²) in [5.74, 6) is 0. The van der Waals surface area contributed by atoms with Crippen molar-refractivity contribution in [3.8, 4) is 11.4 Å². The van der Waals surface area contributed by atoms with Crippen molar-refractivity contribution in [2.45, 2.75) is 11.1 Å². The van der Waals surface area contributed by atoms with Gasteiger partial charge in [-0.05, 0) is 30.3 Å². The number of alkyl halides is 3. The van der Waals surface area contributed by atoms with Crippen molar-refractivity contribution in [2.24, 2.45) is 0 Å². The van der Waals surface area contributed by atoms with Gasteiger partial charge in [0.1, 0.15) is 5.02 Å². The number of aromatic nitrogens is 3. The van der Waals surface area contributed by atoms with Crippen LogP contribution in [0.25, 0.3) is 11.4 Å². The third-order valence-corrected chi connectivity index (χ3v) is 5.37. The average molecular weight is 436 g/mol. The second-order valence-electron chi connectivity index (χ2n) is 5.39. The van der Waals surface area contributed by atoms with Gasteiger partial charge in [0.05, 0.1) is 32.6 Å². The van der Waals surface area contributed by atoms with Gasteiger partial charge in [-0.2, -0.15) is 18.3 Å². The molecule has 0 saturated heterocycles. The molecule has 0 fully saturated rings. The van der Waals surface area contributed by atoms with Gasteiger partial charge < -0.3 is 0 Å². The summed E-state index contributed by atoms with van der Waals surface area (Å²) in [5, 5.41) is 3.65. The summed E-state index contributed by atoms with van der Waals surface area (Å²) in [5.41, 5.74) is -1.20. The van der Waals surface area contributed by atoms with Crippen molar-refractivity contribution in [3.63, 3.8) is 0 Å². The van der Waals surface area contributed by atoms with E-state index >= 15 is 0 Å². The Kier molecular flexibility index (Phi) is 5.20. The predicted molar refractivity (Wildman–Crippen MR) is 96.5 cm³/mol. The zero-order valence-corrected chi connectivity index (χ0v) is 15.8. The van der Waals surface area contributed by atoms with Crippen LogP contribution in [-0.2, 0) is 17.0 Å². The number of rotatable bonds is 3. The monoisotopic (exact) mass is 435 g/mol. The molecule has 1 unspecified atom stereocenters. The molecule has 3 aromatic rings. The topological polar surface area (TPSA) is 56.9 Å². The van der Waals surface area contributed by atoms with Crippen LogP contribution in [-0.4, -0.2) is 24.8 Å². The lowest BCUT2D eigenvalue weighted by molar-refractivity contribution is -0.145. The predicted octanol–water partition coefficient (Wildman–Crippen LogP) is 4.09. The number of hydrogen-bond acceptors (Lipinski definition) is 3. The van der Waals surface area contributed by atoms with Crippen LogP contribution in [0.4, 0.5) is 13.2 Å². The van der Waals surface area contributed by atoms with Gasteiger partial charge in [-0.15, -0.1) is 0 Å². The van der Waals surface area contributed by atoms with Crippen LogP contribution >= 0.6 is 23.2 Å². The lowest BCUT2D eigenvalue weighted by Gasteiger charge is -2.13. The van der Waals surface area contributed by atoms with E-state index in [2.05, 4.69) is 5.10 Å². The molecule has 2 aromatic heterocycles. The van der Waals surface area contributed by atoms with E-state index in [0.717, 1.165) is 12.5 Å². The van der Waals surface area contributed by atoms with E-state index < -0.39 is 33.1 Å². The first-order chi connectivity index (χ1) is 12.6. The average Bonchev–Trinajstić information content (AvgIpc) is 3.06. The lowest BCUT2D eigenvalue weighted by atomic mass is 10.2. The van der Waals surface area contributed by atoms with Gasteiger partial charge in [-0.3, -0.25) is 13.6 Å². The molecule has 27 heavy (non-hydrogen) atoms. The normalized spacial score (nSPS) is 13.0. The van der Waals surface area contributed by atoms with Crippen LogP contribution in [0, 0.1) is 0 Å². The van der Waals surface area contributed by atoms with E-state index in [4.69, 9.17) is 23.2 Å². The largest absolute Gasteiger partial charge is 0.434 e. The fraction of sp³-hybridized carbons (Fsp3) is 0.125. The molecular formula is C16H10Cl2F3N3O2S. The minimum atomic E-state index is -4.74. The van der Waals surface area contributed by atoms with Crippen molar-refractivity contribution >= 4 is 34.0 Å². The Bertz CT molecular complexity index is 1090. The summed E-state index contributed by atoms with van der Waals surface area (Å²) in [6.45, 7) is 0. The highest BCUT2D eigenvalue weighted by Gasteiger charge is 2.39. The molecule has 0 N–H and O–H groups in total. The van der Waals surface area contributed by atoms with Gasteiger partial charge in [0.2, 0.25) is 0 Å². The summed E-state index contributed by atoms with van der Waals surface area (Å²) < 4.78 is 53.7. The van der Waals surface area contributed by atoms with Crippen molar-refractivity contribution in [3.05, 3.63) is 68.8 Å². The van der Waals surface area contributed by atoms with Crippen molar-refractivity contribution in [1.82, 2.24) is 14.3 Å². The van der Waals surface area contributed by atoms with E-state index in [-0.39, 0.29) is 15.7 Å². The standard InChI is InChI=1S/C16H10Cl2F3N3O2S/c1-27(26)12-8-22-24(14(12)16(19,20)21)10-4-2-9(3-5-10)23-7-6-11(17)13(18)15(23)25/h2-8H,1H3. The fourth-order valence-corrected chi connectivity index (χ4v) is 3.41. The second kappa shape index (κ2) is 7.14. The maximum Gasteiger partial charge on any atom is 0.434 e. The van der Waals surface area contributed by atoms with Gasteiger partial charge in [0, 0.05) is 18.1 Å². The molecule has 0 aliphatic heterocycles. The molecule has 2 heterocycles. The molecule has 0 aliphatic rings. The fourth-order valence-electron chi connectivity index (χ4n) is 2.45. The SMILES string of the molecule is CS(=O)c1cnn(-c2ccc(-n3ccc(Cl)c(Cl)c3=O)cc2)c1C(F)(F)F. The quantitative estimate of drug-likeness (QED) is 0.622. The second-order valence-corrected chi connectivity index (χ2v) is 7.52. The zero-order chi connectivity index (χ0) is 19.9. The highest BCUT2D eigenvalue weighted by Crippen LogP contribution is 2.35. The van der Waals surface area contributed by atoms with E-state index in [1.807, 2.05) is 0 Å². The van der Waals surface area contributed by atoms with Crippen molar-refractivity contribution in [2.75, 3.05) is 6.26 Å². The first-order valence-corrected chi connectivity index (χ1v) is 9.58. The van der Waals surface area contributed by atoms with Crippen molar-refractivity contribution < 1.29 is 17.4 Å². The maximum absolute atomic E-state index is 13.4. The minimum absolute atomic E-state index is 0.0934. The van der Waals surface area contributed by atoms with Crippen LogP contribution in [0.1, 0.15) is 5.69 Å². The Hall–Kier alpha value is -2.10. The van der Waals surface area contributed by atoms with Crippen LogP contribution < -0.4 is 5.56 Å². The highest BCUT2D eigenvalue weighted by atomic mass is 35.5. The van der Waals surface area contributed by atoms with Gasteiger partial charge in [-0.25, -0.2) is 4.68 Å². The molecule has 3 rings (SSSR count). The molecule has 0 spiro atoms. The Morgan fingerprint density at radius 3 is 2.22 bits per heavy atom. The molecule has 0 amide bonds. The van der Waals surface area contributed by atoms with Crippen LogP contribution in [0.15, 0.2) is 52.4 Å². The summed E-state index contributed by atoms with van der Waals surface area (Å²) in [7, 11) is -1.86. The Morgan fingerprint density at radius 2 is 1.67 bits per heavy atom. The van der Waals surface area contributed by atoms with E-state index in [9.17, 15) is 22.2 Å². The molecule has 0 aliphatic carbocycles. The number of pyridine rings is 1. The molecule has 0 radical (unpaired) electrons. The molecule has 11 heteroatoms. The molecule has 5 nitrogen and oxygen atoms in total. The Labute approximate surface area is 163 Å². The first-order valence-electron chi connectivity index (χ1n) is 7.27. The van der Waals surface area contributed by atoms with Gasteiger partial charge in [-0.1, -0.05) is 23.2 Å². The van der Waals surface area contributed by atoms with Gasteiger partial charge >= 0.3 is 6.18 Å². The summed E-state index contributed by atoms with van der Waals surface area (Å²) in [4.78, 5) is 11.7. The first kappa shape index (κ1) is 19.7. The van der Waals surface area contributed by atoms with E-state index in [1.54, 1.807) is 0 Å². The third kappa shape index (κ3) is 3.67. The van der Waals surface area contributed by atoms with Crippen LogP contribution in [0.2, 0.25) is 10.0 Å². The van der Waals surface area contributed by atoms with Gasteiger partial charge in [0.25, 0.3) is 5.56 Å². The smallest absolute Gasteiger partial charge is 0.283 e. The summed E-state index contributed by atoms with van der Waals surface area (Å²) >= 11 is 11.6. The van der Waals surface area contributed by atoms with Crippen molar-refractivity contribution in [1.29, 1.82) is 0 Å². The van der Waals surface area contributed by atoms with Crippen LogP contribution in [0.3, 0.4) is 0 Å². The number of benzene rings is 1. The number of halogens is 5. The molecule has 1 atom stereocenters. The number of nitrogens with zero attached hydrogens (tertiary/aromatic N) is 3. The van der Waals surface area contributed by atoms with E-state index in [1.165, 1.54) is 41.1 Å². The van der Waals surface area contributed by atoms with Crippen LogP contribution in [0.5, 0.6) is 0 Å². The Balaban J connectivity index is 2.09. The van der Waals surface area contributed by atoms with E-state index in [0.29, 0.717) is 10.4 Å². The molecule has 0 saturated carbocycles. The maximum atomic E-state index is 13.4. The van der Waals surface area contributed by atoms with Gasteiger partial charge in [0.15, 0.2) is 5.69 Å². The Morgan fingerprint density at radius 1 is 1.07 bits per heavy atom.